The average Bonchev–Trinajstić information content (AvgIpc) is 2.12. The van der Waals surface area contributed by atoms with E-state index in [1.165, 1.54) is 0 Å². The molecule has 0 rings (SSSR count). The predicted molar refractivity (Wildman–Crippen MR) is 84.6 cm³/mol. The summed E-state index contributed by atoms with van der Waals surface area (Å²) < 4.78 is 0. The van der Waals surface area contributed by atoms with E-state index < -0.39 is 0 Å². The zero-order chi connectivity index (χ0) is 14.4. The molecule has 0 fully saturated rings. The van der Waals surface area contributed by atoms with Crippen LogP contribution >= 0.6 is 12.4 Å². The first-order chi connectivity index (χ1) is 7.64. The molecule has 0 aromatic carbocycles. The summed E-state index contributed by atoms with van der Waals surface area (Å²) in [6.07, 6.45) is 0.971. The number of rotatable bonds is 3. The van der Waals surface area contributed by atoms with Crippen molar-refractivity contribution >= 4 is 18.3 Å². The van der Waals surface area contributed by atoms with Gasteiger partial charge in [-0.05, 0) is 55.6 Å². The minimum absolute atomic E-state index is 0. The second-order valence-corrected chi connectivity index (χ2v) is 4.72. The summed E-state index contributed by atoms with van der Waals surface area (Å²) in [5.41, 5.74) is 0.573. The van der Waals surface area contributed by atoms with Crippen LogP contribution in [0.5, 0.6) is 0 Å². The molecule has 0 radical (unpaired) electrons. The summed E-state index contributed by atoms with van der Waals surface area (Å²) in [6, 6.07) is 0. The van der Waals surface area contributed by atoms with Gasteiger partial charge in [-0.15, -0.1) is 12.4 Å². The molecule has 0 bridgehead atoms. The van der Waals surface area contributed by atoms with E-state index in [9.17, 15) is 4.79 Å². The topological polar surface area (TPSA) is 35.6 Å². The maximum absolute atomic E-state index is 10.7. The molecule has 0 aliphatic rings. The molecule has 0 unspecified atom stereocenters. The summed E-state index contributed by atoms with van der Waals surface area (Å²) >= 11 is 0. The van der Waals surface area contributed by atoms with E-state index in [1.54, 1.807) is 6.92 Å². The molecule has 1 N–H and O–H groups in total. The van der Waals surface area contributed by atoms with Crippen molar-refractivity contribution in [2.24, 2.45) is 0 Å². The highest BCUT2D eigenvalue weighted by atomic mass is 35.5. The van der Waals surface area contributed by atoms with Crippen molar-refractivity contribution < 1.29 is 4.79 Å². The van der Waals surface area contributed by atoms with Crippen molar-refractivity contribution in [1.82, 2.24) is 15.1 Å². The lowest BCUT2D eigenvalue weighted by atomic mass is 10.3. The van der Waals surface area contributed by atoms with E-state index in [0.717, 1.165) is 13.0 Å². The van der Waals surface area contributed by atoms with Crippen molar-refractivity contribution in [3.63, 3.8) is 0 Å². The number of halogens is 1. The monoisotopic (exact) mass is 281 g/mol. The molecule has 0 aliphatic carbocycles. The van der Waals surface area contributed by atoms with Crippen LogP contribution in [0.4, 0.5) is 0 Å². The molecule has 0 saturated heterocycles. The minimum atomic E-state index is -0.0446. The van der Waals surface area contributed by atoms with Gasteiger partial charge in [0.2, 0.25) is 5.91 Å². The van der Waals surface area contributed by atoms with Gasteiger partial charge in [-0.3, -0.25) is 4.79 Å². The fourth-order valence-corrected chi connectivity index (χ4v) is 0.389. The summed E-state index contributed by atoms with van der Waals surface area (Å²) in [5, 5.41) is 2.69. The molecular weight excluding hydrogens is 250 g/mol. The Balaban J connectivity index is -0.0000000922. The normalized spacial score (nSPS) is 8.33. The summed E-state index contributed by atoms with van der Waals surface area (Å²) in [4.78, 5) is 14.7. The highest BCUT2D eigenvalue weighted by Gasteiger charge is 1.96. The van der Waals surface area contributed by atoms with E-state index in [-0.39, 0.29) is 18.3 Å². The summed E-state index contributed by atoms with van der Waals surface area (Å²) in [6.45, 7) is 7.95. The second kappa shape index (κ2) is 18.8. The lowest BCUT2D eigenvalue weighted by Gasteiger charge is -1.99. The molecular formula is C13H32ClN3O. The molecule has 4 nitrogen and oxygen atoms in total. The van der Waals surface area contributed by atoms with Crippen molar-refractivity contribution in [1.29, 1.82) is 0 Å². The molecule has 18 heavy (non-hydrogen) atoms. The van der Waals surface area contributed by atoms with Gasteiger partial charge in [0.1, 0.15) is 0 Å². The van der Waals surface area contributed by atoms with Gasteiger partial charge in [0, 0.05) is 12.1 Å². The number of amides is 1. The summed E-state index contributed by atoms with van der Waals surface area (Å²) in [7, 11) is 12.0. The fraction of sp³-hybridized carbons (Fsp3) is 0.769. The number of hydrogen-bond donors (Lipinski definition) is 1. The SMILES string of the molecule is C=C(C)C(=O)NCCC.CN(C)C.CN(C)C.Cl. The first-order valence-electron chi connectivity index (χ1n) is 5.80. The first kappa shape index (κ1) is 26.1. The van der Waals surface area contributed by atoms with Gasteiger partial charge < -0.3 is 15.1 Å². The zero-order valence-corrected chi connectivity index (χ0v) is 14.1. The standard InChI is InChI=1S/C7H13NO.2C3H9N.ClH/c1-4-5-8-7(9)6(2)3;2*1-4(2)3;/h2,4-5H2,1,3H3,(H,8,9);2*1-3H3;1H. The van der Waals surface area contributed by atoms with E-state index in [2.05, 4.69) is 11.9 Å². The molecule has 0 aromatic rings. The van der Waals surface area contributed by atoms with Crippen LogP contribution in [0.2, 0.25) is 0 Å². The zero-order valence-electron chi connectivity index (χ0n) is 13.3. The third kappa shape index (κ3) is 58.2. The molecule has 1 amide bonds. The van der Waals surface area contributed by atoms with Gasteiger partial charge >= 0.3 is 0 Å². The number of carbonyl (C=O) groups excluding carboxylic acids is 1. The highest BCUT2D eigenvalue weighted by Crippen LogP contribution is 1.84. The Kier molecular flexibility index (Phi) is 27.2. The van der Waals surface area contributed by atoms with Crippen molar-refractivity contribution in [3.8, 4) is 0 Å². The van der Waals surface area contributed by atoms with E-state index in [0.29, 0.717) is 5.57 Å². The van der Waals surface area contributed by atoms with E-state index >= 15 is 0 Å². The smallest absolute Gasteiger partial charge is 0.246 e. The average molecular weight is 282 g/mol. The van der Waals surface area contributed by atoms with Crippen LogP contribution in [-0.4, -0.2) is 64.5 Å². The maximum Gasteiger partial charge on any atom is 0.246 e. The predicted octanol–water partition coefficient (Wildman–Crippen LogP) is 1.87. The lowest BCUT2D eigenvalue weighted by molar-refractivity contribution is -0.117. The Morgan fingerprint density at radius 3 is 1.50 bits per heavy atom. The van der Waals surface area contributed by atoms with Gasteiger partial charge in [0.05, 0.1) is 0 Å². The van der Waals surface area contributed by atoms with Crippen LogP contribution in [0.15, 0.2) is 12.2 Å². The van der Waals surface area contributed by atoms with Crippen LogP contribution in [0.25, 0.3) is 0 Å². The Morgan fingerprint density at radius 1 is 1.06 bits per heavy atom. The third-order valence-electron chi connectivity index (χ3n) is 0.923. The maximum atomic E-state index is 10.7. The molecule has 0 spiro atoms. The Hall–Kier alpha value is -0.580. The number of nitrogens with one attached hydrogen (secondary N) is 1. The molecule has 0 aliphatic heterocycles. The fourth-order valence-electron chi connectivity index (χ4n) is 0.389. The lowest BCUT2D eigenvalue weighted by Crippen LogP contribution is -2.24. The third-order valence-corrected chi connectivity index (χ3v) is 0.923. The largest absolute Gasteiger partial charge is 0.352 e. The van der Waals surface area contributed by atoms with Gasteiger partial charge in [0.15, 0.2) is 0 Å². The molecule has 0 aromatic heterocycles. The van der Waals surface area contributed by atoms with Crippen molar-refractivity contribution in [3.05, 3.63) is 12.2 Å². The Labute approximate surface area is 120 Å². The highest BCUT2D eigenvalue weighted by molar-refractivity contribution is 5.91. The number of hydrogen-bond acceptors (Lipinski definition) is 3. The Bertz CT molecular complexity index is 183. The number of carbonyl (C=O) groups is 1. The molecule has 112 valence electrons. The van der Waals surface area contributed by atoms with Crippen LogP contribution < -0.4 is 5.32 Å². The molecule has 0 saturated carbocycles. The van der Waals surface area contributed by atoms with Crippen LogP contribution in [0.1, 0.15) is 20.3 Å². The minimum Gasteiger partial charge on any atom is -0.352 e. The first-order valence-corrected chi connectivity index (χ1v) is 5.80. The van der Waals surface area contributed by atoms with E-state index in [4.69, 9.17) is 0 Å². The van der Waals surface area contributed by atoms with Crippen LogP contribution in [0.3, 0.4) is 0 Å². The van der Waals surface area contributed by atoms with Crippen LogP contribution in [-0.2, 0) is 4.79 Å². The van der Waals surface area contributed by atoms with Crippen molar-refractivity contribution in [2.75, 3.05) is 48.8 Å². The quantitative estimate of drug-likeness (QED) is 0.802. The molecule has 0 heterocycles. The Morgan fingerprint density at radius 2 is 1.33 bits per heavy atom. The van der Waals surface area contributed by atoms with Gasteiger partial charge in [-0.2, -0.15) is 0 Å². The van der Waals surface area contributed by atoms with Gasteiger partial charge in [0.25, 0.3) is 0 Å². The van der Waals surface area contributed by atoms with Crippen LogP contribution in [0, 0.1) is 0 Å². The van der Waals surface area contributed by atoms with E-state index in [1.807, 2.05) is 59.0 Å². The second-order valence-electron chi connectivity index (χ2n) is 4.72. The number of nitrogens with zero attached hydrogens (tertiary/aromatic N) is 2. The molecule has 0 atom stereocenters. The van der Waals surface area contributed by atoms with Gasteiger partial charge in [-0.1, -0.05) is 13.5 Å². The summed E-state index contributed by atoms with van der Waals surface area (Å²) in [5.74, 6) is -0.0446. The van der Waals surface area contributed by atoms with Gasteiger partial charge in [-0.25, -0.2) is 0 Å². The molecule has 5 heteroatoms. The van der Waals surface area contributed by atoms with Crippen molar-refractivity contribution in [2.45, 2.75) is 20.3 Å².